The minimum Gasteiger partial charge on any atom is -0.336 e. The van der Waals surface area contributed by atoms with Crippen LogP contribution in [0.3, 0.4) is 0 Å². The molecule has 5 nitrogen and oxygen atoms in total. The molecule has 1 aliphatic rings. The minimum atomic E-state index is -3.60. The largest absolute Gasteiger partial charge is 0.336 e. The van der Waals surface area contributed by atoms with Gasteiger partial charge in [-0.2, -0.15) is 4.31 Å². The number of nitrogens with zero attached hydrogens (tertiary/aromatic N) is 2. The first kappa shape index (κ1) is 20.8. The first-order valence-corrected chi connectivity index (χ1v) is 11.0. The number of hydrogen-bond acceptors (Lipinski definition) is 3. The maximum Gasteiger partial charge on any atom is 0.255 e. The van der Waals surface area contributed by atoms with Gasteiger partial charge in [-0.3, -0.25) is 4.79 Å². The molecule has 0 saturated carbocycles. The molecular formula is C20H22ClFN2O3S. The van der Waals surface area contributed by atoms with E-state index in [1.807, 2.05) is 12.1 Å². The number of hydrogen-bond donors (Lipinski definition) is 0. The van der Waals surface area contributed by atoms with Gasteiger partial charge in [0, 0.05) is 26.2 Å². The van der Waals surface area contributed by atoms with E-state index in [9.17, 15) is 17.6 Å². The summed E-state index contributed by atoms with van der Waals surface area (Å²) in [4.78, 5) is 14.4. The predicted octanol–water partition coefficient (Wildman–Crippen LogP) is 3.58. The molecule has 0 aromatic heterocycles. The molecule has 0 aliphatic carbocycles. The van der Waals surface area contributed by atoms with Crippen molar-refractivity contribution in [2.75, 3.05) is 26.2 Å². The molecule has 2 aromatic rings. The van der Waals surface area contributed by atoms with Crippen LogP contribution < -0.4 is 0 Å². The number of carbonyl (C=O) groups is 1. The molecule has 28 heavy (non-hydrogen) atoms. The number of carbonyl (C=O) groups excluding carboxylic acids is 1. The van der Waals surface area contributed by atoms with Gasteiger partial charge in [-0.15, -0.1) is 0 Å². The van der Waals surface area contributed by atoms with Crippen molar-refractivity contribution in [2.24, 2.45) is 0 Å². The summed E-state index contributed by atoms with van der Waals surface area (Å²) in [5, 5.41) is 0.0484. The van der Waals surface area contributed by atoms with Crippen LogP contribution in [0.2, 0.25) is 5.02 Å². The second-order valence-corrected chi connectivity index (χ2v) is 9.06. The summed E-state index contributed by atoms with van der Waals surface area (Å²) in [6, 6.07) is 10.6. The zero-order valence-corrected chi connectivity index (χ0v) is 17.1. The van der Waals surface area contributed by atoms with Crippen LogP contribution in [0.25, 0.3) is 0 Å². The fourth-order valence-electron chi connectivity index (χ4n) is 3.23. The summed E-state index contributed by atoms with van der Waals surface area (Å²) in [6.07, 6.45) is 1.91. The average Bonchev–Trinajstić information content (AvgIpc) is 2.68. The molecule has 8 heteroatoms. The maximum atomic E-state index is 13.2. The standard InChI is InChI=1S/C20H22ClFN2O3S/c1-2-3-15-4-7-17(8-5-15)28(26,27)24-12-10-23(11-13-24)20(25)18-9-6-16(22)14-19(18)21/h4-9,14H,2-3,10-13H2,1H3. The van der Waals surface area contributed by atoms with Gasteiger partial charge >= 0.3 is 0 Å². The Balaban J connectivity index is 1.67. The van der Waals surface area contributed by atoms with Crippen molar-refractivity contribution in [3.05, 3.63) is 64.4 Å². The molecule has 0 atom stereocenters. The van der Waals surface area contributed by atoms with Gasteiger partial charge in [0.1, 0.15) is 5.82 Å². The fourth-order valence-corrected chi connectivity index (χ4v) is 4.90. The quantitative estimate of drug-likeness (QED) is 0.737. The minimum absolute atomic E-state index is 0.0484. The number of amides is 1. The summed E-state index contributed by atoms with van der Waals surface area (Å²) in [7, 11) is -3.60. The van der Waals surface area contributed by atoms with Crippen LogP contribution in [0.5, 0.6) is 0 Å². The van der Waals surface area contributed by atoms with Gasteiger partial charge in [0.15, 0.2) is 0 Å². The van der Waals surface area contributed by atoms with Crippen LogP contribution in [-0.4, -0.2) is 49.7 Å². The van der Waals surface area contributed by atoms with E-state index in [0.29, 0.717) is 0 Å². The Morgan fingerprint density at radius 2 is 1.71 bits per heavy atom. The molecule has 150 valence electrons. The molecule has 1 saturated heterocycles. The molecule has 2 aromatic carbocycles. The molecule has 1 heterocycles. The number of aryl methyl sites for hydroxylation is 1. The zero-order chi connectivity index (χ0) is 20.3. The van der Waals surface area contributed by atoms with Crippen LogP contribution in [0.15, 0.2) is 47.4 Å². The van der Waals surface area contributed by atoms with Gasteiger partial charge in [0.25, 0.3) is 5.91 Å². The van der Waals surface area contributed by atoms with Crippen LogP contribution in [0, 0.1) is 5.82 Å². The number of benzene rings is 2. The Morgan fingerprint density at radius 3 is 2.29 bits per heavy atom. The van der Waals surface area contributed by atoms with Gasteiger partial charge in [0.2, 0.25) is 10.0 Å². The zero-order valence-electron chi connectivity index (χ0n) is 15.6. The van der Waals surface area contributed by atoms with Gasteiger partial charge < -0.3 is 4.90 Å². The Labute approximate surface area is 169 Å². The second kappa shape index (κ2) is 8.59. The third-order valence-corrected chi connectivity index (χ3v) is 7.01. The Kier molecular flexibility index (Phi) is 6.37. The molecule has 0 bridgehead atoms. The van der Waals surface area contributed by atoms with E-state index in [1.165, 1.54) is 21.3 Å². The first-order chi connectivity index (χ1) is 13.3. The SMILES string of the molecule is CCCc1ccc(S(=O)(=O)N2CCN(C(=O)c3ccc(F)cc3Cl)CC2)cc1. The van der Waals surface area contributed by atoms with Crippen LogP contribution >= 0.6 is 11.6 Å². The predicted molar refractivity (Wildman–Crippen MR) is 107 cm³/mol. The summed E-state index contributed by atoms with van der Waals surface area (Å²) in [5.74, 6) is -0.839. The monoisotopic (exact) mass is 424 g/mol. The van der Waals surface area contributed by atoms with E-state index >= 15 is 0 Å². The summed E-state index contributed by atoms with van der Waals surface area (Å²) in [5.41, 5.74) is 1.32. The molecule has 0 unspecified atom stereocenters. The Morgan fingerprint density at radius 1 is 1.07 bits per heavy atom. The molecule has 0 radical (unpaired) electrons. The van der Waals surface area contributed by atoms with Crippen LogP contribution in [0.1, 0.15) is 29.3 Å². The van der Waals surface area contributed by atoms with Crippen LogP contribution in [0.4, 0.5) is 4.39 Å². The van der Waals surface area contributed by atoms with Crippen molar-refractivity contribution >= 4 is 27.5 Å². The summed E-state index contributed by atoms with van der Waals surface area (Å²) >= 11 is 5.97. The van der Waals surface area contributed by atoms with Crippen LogP contribution in [-0.2, 0) is 16.4 Å². The van der Waals surface area contributed by atoms with Crippen molar-refractivity contribution in [3.8, 4) is 0 Å². The fraction of sp³-hybridized carbons (Fsp3) is 0.350. The third kappa shape index (κ3) is 4.37. The molecular weight excluding hydrogens is 403 g/mol. The average molecular weight is 425 g/mol. The molecule has 0 N–H and O–H groups in total. The second-order valence-electron chi connectivity index (χ2n) is 6.71. The Hall–Kier alpha value is -1.96. The lowest BCUT2D eigenvalue weighted by Crippen LogP contribution is -2.50. The first-order valence-electron chi connectivity index (χ1n) is 9.16. The highest BCUT2D eigenvalue weighted by Crippen LogP contribution is 2.22. The van der Waals surface area contributed by atoms with E-state index in [-0.39, 0.29) is 47.6 Å². The van der Waals surface area contributed by atoms with Gasteiger partial charge in [0.05, 0.1) is 15.5 Å². The lowest BCUT2D eigenvalue weighted by atomic mass is 10.1. The van der Waals surface area contributed by atoms with Crippen molar-refractivity contribution in [1.29, 1.82) is 0 Å². The topological polar surface area (TPSA) is 57.7 Å². The van der Waals surface area contributed by atoms with E-state index in [1.54, 1.807) is 12.1 Å². The number of rotatable bonds is 5. The highest BCUT2D eigenvalue weighted by atomic mass is 35.5. The van der Waals surface area contributed by atoms with Crippen molar-refractivity contribution in [3.63, 3.8) is 0 Å². The van der Waals surface area contributed by atoms with Crippen molar-refractivity contribution in [2.45, 2.75) is 24.7 Å². The molecule has 0 spiro atoms. The number of piperazine rings is 1. The third-order valence-electron chi connectivity index (χ3n) is 4.79. The Bertz CT molecular complexity index is 956. The van der Waals surface area contributed by atoms with Gasteiger partial charge in [-0.25, -0.2) is 12.8 Å². The maximum absolute atomic E-state index is 13.2. The van der Waals surface area contributed by atoms with E-state index in [4.69, 9.17) is 11.6 Å². The smallest absolute Gasteiger partial charge is 0.255 e. The van der Waals surface area contributed by atoms with Gasteiger partial charge in [-0.1, -0.05) is 37.1 Å². The summed E-state index contributed by atoms with van der Waals surface area (Å²) < 4.78 is 40.3. The number of halogens is 2. The van der Waals surface area contributed by atoms with Gasteiger partial charge in [-0.05, 0) is 42.3 Å². The lowest BCUT2D eigenvalue weighted by molar-refractivity contribution is 0.0698. The van der Waals surface area contributed by atoms with E-state index < -0.39 is 15.8 Å². The molecule has 1 amide bonds. The highest BCUT2D eigenvalue weighted by Gasteiger charge is 2.31. The lowest BCUT2D eigenvalue weighted by Gasteiger charge is -2.34. The van der Waals surface area contributed by atoms with Crippen molar-refractivity contribution in [1.82, 2.24) is 9.21 Å². The number of sulfonamides is 1. The van der Waals surface area contributed by atoms with E-state index in [2.05, 4.69) is 6.92 Å². The summed E-state index contributed by atoms with van der Waals surface area (Å²) in [6.45, 7) is 2.97. The van der Waals surface area contributed by atoms with Crippen molar-refractivity contribution < 1.29 is 17.6 Å². The normalized spacial score (nSPS) is 15.6. The highest BCUT2D eigenvalue weighted by molar-refractivity contribution is 7.89. The molecule has 1 fully saturated rings. The van der Waals surface area contributed by atoms with E-state index in [0.717, 1.165) is 24.5 Å². The molecule has 3 rings (SSSR count). The molecule has 1 aliphatic heterocycles.